The SMILES string of the molecule is CS(=O)(=O)Nc1cc(C[C@H](N)C(=O)O)cc(NS(C)(=O)=O)c1. The number of sulfonamides is 2. The van der Waals surface area contributed by atoms with E-state index >= 15 is 0 Å². The van der Waals surface area contributed by atoms with E-state index in [-0.39, 0.29) is 17.8 Å². The van der Waals surface area contributed by atoms with Gasteiger partial charge in [-0.3, -0.25) is 14.2 Å². The number of benzene rings is 1. The van der Waals surface area contributed by atoms with E-state index in [1.165, 1.54) is 18.2 Å². The van der Waals surface area contributed by atoms with E-state index in [0.717, 1.165) is 12.5 Å². The Hall–Kier alpha value is -1.85. The van der Waals surface area contributed by atoms with E-state index in [1.807, 2.05) is 0 Å². The van der Waals surface area contributed by atoms with Gasteiger partial charge in [0.05, 0.1) is 23.9 Å². The molecular weight excluding hydrogens is 334 g/mol. The van der Waals surface area contributed by atoms with Crippen LogP contribution in [0, 0.1) is 0 Å². The molecule has 0 aliphatic carbocycles. The lowest BCUT2D eigenvalue weighted by Gasteiger charge is -2.13. The highest BCUT2D eigenvalue weighted by Crippen LogP contribution is 2.21. The number of carboxylic acids is 1. The number of rotatable bonds is 7. The van der Waals surface area contributed by atoms with Crippen LogP contribution in [0.5, 0.6) is 0 Å². The van der Waals surface area contributed by atoms with Crippen molar-refractivity contribution in [3.8, 4) is 0 Å². The first-order chi connectivity index (χ1) is 9.85. The Morgan fingerprint density at radius 3 is 1.82 bits per heavy atom. The van der Waals surface area contributed by atoms with Crippen molar-refractivity contribution in [2.75, 3.05) is 22.0 Å². The van der Waals surface area contributed by atoms with Crippen LogP contribution in [0.3, 0.4) is 0 Å². The lowest BCUT2D eigenvalue weighted by atomic mass is 10.1. The van der Waals surface area contributed by atoms with E-state index in [4.69, 9.17) is 10.8 Å². The van der Waals surface area contributed by atoms with Crippen molar-refractivity contribution in [2.24, 2.45) is 5.73 Å². The van der Waals surface area contributed by atoms with Crippen LogP contribution in [0.15, 0.2) is 18.2 Å². The standard InChI is InChI=1S/C11H17N3O6S2/c1-21(17,18)13-8-3-7(5-10(12)11(15)16)4-9(6-8)14-22(2,19)20/h3-4,6,10,13-14H,5,12H2,1-2H3,(H,15,16)/t10-/m0/s1. The molecule has 0 aromatic heterocycles. The maximum atomic E-state index is 11.3. The van der Waals surface area contributed by atoms with Gasteiger partial charge in [-0.2, -0.15) is 0 Å². The fraction of sp³-hybridized carbons (Fsp3) is 0.364. The molecule has 0 saturated heterocycles. The second kappa shape index (κ2) is 6.50. The monoisotopic (exact) mass is 351 g/mol. The van der Waals surface area contributed by atoms with E-state index in [9.17, 15) is 21.6 Å². The van der Waals surface area contributed by atoms with E-state index in [0.29, 0.717) is 5.56 Å². The Morgan fingerprint density at radius 1 is 1.09 bits per heavy atom. The van der Waals surface area contributed by atoms with Crippen molar-refractivity contribution < 1.29 is 26.7 Å². The number of carboxylic acid groups (broad SMARTS) is 1. The highest BCUT2D eigenvalue weighted by atomic mass is 32.2. The van der Waals surface area contributed by atoms with Gasteiger partial charge < -0.3 is 10.8 Å². The molecule has 0 bridgehead atoms. The van der Waals surface area contributed by atoms with Gasteiger partial charge in [-0.05, 0) is 30.2 Å². The first-order valence-electron chi connectivity index (χ1n) is 5.94. The van der Waals surface area contributed by atoms with Gasteiger partial charge in [-0.1, -0.05) is 0 Å². The predicted octanol–water partition coefficient (Wildman–Crippen LogP) is -0.616. The van der Waals surface area contributed by atoms with Crippen LogP contribution >= 0.6 is 0 Å². The maximum absolute atomic E-state index is 11.3. The van der Waals surface area contributed by atoms with Crippen molar-refractivity contribution in [2.45, 2.75) is 12.5 Å². The Balaban J connectivity index is 3.22. The van der Waals surface area contributed by atoms with Crippen molar-refractivity contribution in [1.82, 2.24) is 0 Å². The number of hydrogen-bond acceptors (Lipinski definition) is 6. The second-order valence-corrected chi connectivity index (χ2v) is 8.31. The molecule has 5 N–H and O–H groups in total. The first-order valence-corrected chi connectivity index (χ1v) is 9.72. The number of hydrogen-bond donors (Lipinski definition) is 4. The van der Waals surface area contributed by atoms with Gasteiger partial charge in [0.15, 0.2) is 0 Å². The van der Waals surface area contributed by atoms with E-state index in [1.54, 1.807) is 0 Å². The third-order valence-electron chi connectivity index (χ3n) is 2.37. The van der Waals surface area contributed by atoms with Gasteiger partial charge >= 0.3 is 5.97 Å². The summed E-state index contributed by atoms with van der Waals surface area (Å²) in [6, 6.07) is 2.85. The Morgan fingerprint density at radius 2 is 1.50 bits per heavy atom. The molecule has 0 radical (unpaired) electrons. The van der Waals surface area contributed by atoms with Crippen LogP contribution in [0.25, 0.3) is 0 Å². The van der Waals surface area contributed by atoms with E-state index < -0.39 is 32.1 Å². The molecule has 1 aromatic rings. The van der Waals surface area contributed by atoms with Crippen molar-refractivity contribution in [3.63, 3.8) is 0 Å². The summed E-state index contributed by atoms with van der Waals surface area (Å²) in [5.41, 5.74) is 6.00. The second-order valence-electron chi connectivity index (χ2n) is 4.82. The zero-order valence-corrected chi connectivity index (χ0v) is 13.5. The van der Waals surface area contributed by atoms with Crippen LogP contribution < -0.4 is 15.2 Å². The number of nitrogens with one attached hydrogen (secondary N) is 2. The van der Waals surface area contributed by atoms with Gasteiger partial charge in [-0.25, -0.2) is 16.8 Å². The molecule has 9 nitrogen and oxygen atoms in total. The topological polar surface area (TPSA) is 156 Å². The molecule has 11 heteroatoms. The van der Waals surface area contributed by atoms with Crippen LogP contribution in [-0.4, -0.2) is 46.5 Å². The molecule has 0 fully saturated rings. The number of anilines is 2. The molecular formula is C11H17N3O6S2. The highest BCUT2D eigenvalue weighted by Gasteiger charge is 2.15. The Labute approximate surface area is 128 Å². The minimum atomic E-state index is -3.57. The Kier molecular flexibility index (Phi) is 5.38. The zero-order chi connectivity index (χ0) is 17.1. The summed E-state index contributed by atoms with van der Waals surface area (Å²) >= 11 is 0. The summed E-state index contributed by atoms with van der Waals surface area (Å²) in [6.07, 6.45) is 1.78. The molecule has 0 aliphatic rings. The number of aliphatic carboxylic acids is 1. The summed E-state index contributed by atoms with van der Waals surface area (Å²) in [4.78, 5) is 10.8. The molecule has 0 saturated carbocycles. The van der Waals surface area contributed by atoms with Gasteiger partial charge in [0, 0.05) is 0 Å². The molecule has 1 aromatic carbocycles. The van der Waals surface area contributed by atoms with Gasteiger partial charge in [0.1, 0.15) is 6.04 Å². The molecule has 0 amide bonds. The summed E-state index contributed by atoms with van der Waals surface area (Å²) in [5, 5.41) is 8.81. The average molecular weight is 351 g/mol. The van der Waals surface area contributed by atoms with Crippen molar-refractivity contribution in [1.29, 1.82) is 0 Å². The molecule has 22 heavy (non-hydrogen) atoms. The first kappa shape index (κ1) is 18.2. The maximum Gasteiger partial charge on any atom is 0.320 e. The smallest absolute Gasteiger partial charge is 0.320 e. The van der Waals surface area contributed by atoms with Gasteiger partial charge in [-0.15, -0.1) is 0 Å². The molecule has 1 rings (SSSR count). The lowest BCUT2D eigenvalue weighted by molar-refractivity contribution is -0.138. The zero-order valence-electron chi connectivity index (χ0n) is 11.9. The number of carbonyl (C=O) groups is 1. The molecule has 0 aliphatic heterocycles. The van der Waals surface area contributed by atoms with Crippen LogP contribution in [0.4, 0.5) is 11.4 Å². The fourth-order valence-electron chi connectivity index (χ4n) is 1.70. The lowest BCUT2D eigenvalue weighted by Crippen LogP contribution is -2.32. The minimum Gasteiger partial charge on any atom is -0.480 e. The normalized spacial score (nSPS) is 13.4. The predicted molar refractivity (Wildman–Crippen MR) is 82.7 cm³/mol. The summed E-state index contributed by atoms with van der Waals surface area (Å²) in [5.74, 6) is -1.22. The Bertz CT molecular complexity index is 721. The average Bonchev–Trinajstić information content (AvgIpc) is 2.22. The third kappa shape index (κ3) is 6.74. The van der Waals surface area contributed by atoms with E-state index in [2.05, 4.69) is 9.44 Å². The quantitative estimate of drug-likeness (QED) is 0.510. The van der Waals surface area contributed by atoms with Crippen LogP contribution in [0.2, 0.25) is 0 Å². The number of nitrogens with two attached hydrogens (primary N) is 1. The summed E-state index contributed by atoms with van der Waals surface area (Å²) in [7, 11) is -7.15. The van der Waals surface area contributed by atoms with Gasteiger partial charge in [0.25, 0.3) is 0 Å². The van der Waals surface area contributed by atoms with Crippen molar-refractivity contribution in [3.05, 3.63) is 23.8 Å². The third-order valence-corrected chi connectivity index (χ3v) is 3.59. The molecule has 1 atom stereocenters. The highest BCUT2D eigenvalue weighted by molar-refractivity contribution is 7.92. The summed E-state index contributed by atoms with van der Waals surface area (Å²) in [6.45, 7) is 0. The van der Waals surface area contributed by atoms with Gasteiger partial charge in [0.2, 0.25) is 20.0 Å². The van der Waals surface area contributed by atoms with Crippen LogP contribution in [-0.2, 0) is 31.3 Å². The summed E-state index contributed by atoms with van der Waals surface area (Å²) < 4.78 is 49.5. The molecule has 0 unspecified atom stereocenters. The fourth-order valence-corrected chi connectivity index (χ4v) is 2.79. The minimum absolute atomic E-state index is 0.0902. The van der Waals surface area contributed by atoms with Crippen LogP contribution in [0.1, 0.15) is 5.56 Å². The largest absolute Gasteiger partial charge is 0.480 e. The molecule has 124 valence electrons. The molecule has 0 heterocycles. The molecule has 0 spiro atoms. The van der Waals surface area contributed by atoms with Crippen molar-refractivity contribution >= 4 is 37.4 Å².